The van der Waals surface area contributed by atoms with E-state index in [1.54, 1.807) is 0 Å². The summed E-state index contributed by atoms with van der Waals surface area (Å²) in [5, 5.41) is 0. The van der Waals surface area contributed by atoms with E-state index in [1.807, 2.05) is 0 Å². The molecule has 0 atom stereocenters. The van der Waals surface area contributed by atoms with Crippen molar-refractivity contribution in [3.8, 4) is 0 Å². The molecule has 56 valence electrons. The summed E-state index contributed by atoms with van der Waals surface area (Å²) in [6.07, 6.45) is 1.98. The van der Waals surface area contributed by atoms with Crippen LogP contribution in [0, 0.1) is 5.41 Å². The van der Waals surface area contributed by atoms with Crippen LogP contribution >= 0.6 is 0 Å². The second-order valence-electron chi connectivity index (χ2n) is 3.42. The number of primary amides is 1. The highest BCUT2D eigenvalue weighted by molar-refractivity contribution is 5.82. The summed E-state index contributed by atoms with van der Waals surface area (Å²) < 4.78 is 0. The van der Waals surface area contributed by atoms with Crippen LogP contribution in [0.1, 0.15) is 12.8 Å². The van der Waals surface area contributed by atoms with Crippen molar-refractivity contribution < 1.29 is 4.79 Å². The lowest BCUT2D eigenvalue weighted by molar-refractivity contribution is -0.126. The van der Waals surface area contributed by atoms with E-state index in [0.717, 1.165) is 32.5 Å². The summed E-state index contributed by atoms with van der Waals surface area (Å²) in [7, 11) is 0. The predicted octanol–water partition coefficient (Wildman–Crippen LogP) is -0.433. The summed E-state index contributed by atoms with van der Waals surface area (Å²) in [6.45, 7) is 3.06. The van der Waals surface area contributed by atoms with Gasteiger partial charge in [0.1, 0.15) is 0 Å². The maximum Gasteiger partial charge on any atom is 0.225 e. The molecule has 2 aliphatic heterocycles. The largest absolute Gasteiger partial charge is 0.369 e. The van der Waals surface area contributed by atoms with Crippen molar-refractivity contribution in [2.24, 2.45) is 11.1 Å². The maximum absolute atomic E-state index is 11.0. The molecule has 0 spiro atoms. The summed E-state index contributed by atoms with van der Waals surface area (Å²) in [4.78, 5) is 13.3. The molecule has 0 radical (unpaired) electrons. The third-order valence-electron chi connectivity index (χ3n) is 2.86. The minimum Gasteiger partial charge on any atom is -0.369 e. The normalized spacial score (nSPS) is 44.2. The van der Waals surface area contributed by atoms with Crippen LogP contribution in [0.4, 0.5) is 0 Å². The Bertz CT molecular complexity index is 170. The lowest BCUT2D eigenvalue weighted by Gasteiger charge is -2.19. The molecule has 0 unspecified atom stereocenters. The Labute approximate surface area is 60.2 Å². The monoisotopic (exact) mass is 140 g/mol. The standard InChI is InChI=1S/C7H12N2O/c8-6(10)7-1-3-9(5-7)4-2-7/h1-5H2,(H2,8,10). The molecule has 2 bridgehead atoms. The molecule has 0 aromatic carbocycles. The molecule has 3 heteroatoms. The Hall–Kier alpha value is -0.570. The van der Waals surface area contributed by atoms with Crippen molar-refractivity contribution in [3.05, 3.63) is 0 Å². The lowest BCUT2D eigenvalue weighted by Crippen LogP contribution is -2.35. The molecule has 10 heavy (non-hydrogen) atoms. The Kier molecular flexibility index (Phi) is 1.06. The molecule has 1 amide bonds. The highest BCUT2D eigenvalue weighted by Gasteiger charge is 2.47. The molecule has 2 heterocycles. The second-order valence-corrected chi connectivity index (χ2v) is 3.42. The molecular formula is C7H12N2O. The number of hydrogen-bond acceptors (Lipinski definition) is 2. The van der Waals surface area contributed by atoms with E-state index < -0.39 is 0 Å². The molecule has 2 rings (SSSR count). The number of carbonyl (C=O) groups excluding carboxylic acids is 1. The second kappa shape index (κ2) is 1.72. The van der Waals surface area contributed by atoms with Crippen LogP contribution in [0.15, 0.2) is 0 Å². The van der Waals surface area contributed by atoms with Crippen LogP contribution < -0.4 is 5.73 Å². The van der Waals surface area contributed by atoms with Crippen molar-refractivity contribution in [1.29, 1.82) is 0 Å². The van der Waals surface area contributed by atoms with E-state index in [1.165, 1.54) is 0 Å². The van der Waals surface area contributed by atoms with Gasteiger partial charge in [-0.05, 0) is 25.9 Å². The van der Waals surface area contributed by atoms with Crippen molar-refractivity contribution in [3.63, 3.8) is 0 Å². The quantitative estimate of drug-likeness (QED) is 0.537. The van der Waals surface area contributed by atoms with Crippen LogP contribution in [0.25, 0.3) is 0 Å². The third kappa shape index (κ3) is 0.611. The SMILES string of the molecule is NC(=O)C12CCN(CC1)C2. The number of hydrogen-bond donors (Lipinski definition) is 1. The fraction of sp³-hybridized carbons (Fsp3) is 0.857. The van der Waals surface area contributed by atoms with Gasteiger partial charge in [-0.2, -0.15) is 0 Å². The van der Waals surface area contributed by atoms with Gasteiger partial charge in [0.25, 0.3) is 0 Å². The summed E-state index contributed by atoms with van der Waals surface area (Å²) >= 11 is 0. The average molecular weight is 140 g/mol. The minimum absolute atomic E-state index is 0.0903. The zero-order chi connectivity index (χ0) is 7.19. The fourth-order valence-electron chi connectivity index (χ4n) is 2.05. The van der Waals surface area contributed by atoms with Gasteiger partial charge in [-0.25, -0.2) is 0 Å². The first-order valence-electron chi connectivity index (χ1n) is 3.75. The van der Waals surface area contributed by atoms with Crippen molar-refractivity contribution >= 4 is 5.91 Å². The van der Waals surface area contributed by atoms with Crippen LogP contribution in [0.2, 0.25) is 0 Å². The summed E-state index contributed by atoms with van der Waals surface area (Å²) in [6, 6.07) is 0. The van der Waals surface area contributed by atoms with Crippen LogP contribution in [0.3, 0.4) is 0 Å². The topological polar surface area (TPSA) is 46.3 Å². The molecule has 2 saturated heterocycles. The van der Waals surface area contributed by atoms with Crippen molar-refractivity contribution in [1.82, 2.24) is 4.90 Å². The Morgan fingerprint density at radius 3 is 2.20 bits per heavy atom. The minimum atomic E-state index is -0.125. The molecule has 2 fully saturated rings. The first-order valence-corrected chi connectivity index (χ1v) is 3.75. The highest BCUT2D eigenvalue weighted by Crippen LogP contribution is 2.39. The summed E-state index contributed by atoms with van der Waals surface area (Å²) in [5.41, 5.74) is 5.18. The van der Waals surface area contributed by atoms with E-state index >= 15 is 0 Å². The van der Waals surface area contributed by atoms with Crippen molar-refractivity contribution in [2.75, 3.05) is 19.6 Å². The Morgan fingerprint density at radius 1 is 1.40 bits per heavy atom. The number of carbonyl (C=O) groups is 1. The zero-order valence-electron chi connectivity index (χ0n) is 5.97. The molecular weight excluding hydrogens is 128 g/mol. The van der Waals surface area contributed by atoms with Crippen molar-refractivity contribution in [2.45, 2.75) is 12.8 Å². The fourth-order valence-corrected chi connectivity index (χ4v) is 2.05. The van der Waals surface area contributed by atoms with Gasteiger partial charge in [0.2, 0.25) is 5.91 Å². The van der Waals surface area contributed by atoms with E-state index in [-0.39, 0.29) is 11.3 Å². The smallest absolute Gasteiger partial charge is 0.225 e. The van der Waals surface area contributed by atoms with Gasteiger partial charge < -0.3 is 10.6 Å². The Balaban J connectivity index is 2.23. The van der Waals surface area contributed by atoms with E-state index in [9.17, 15) is 4.79 Å². The zero-order valence-corrected chi connectivity index (χ0v) is 5.97. The predicted molar refractivity (Wildman–Crippen MR) is 37.3 cm³/mol. The molecule has 2 N–H and O–H groups in total. The molecule has 3 nitrogen and oxygen atoms in total. The van der Waals surface area contributed by atoms with Gasteiger partial charge in [-0.1, -0.05) is 0 Å². The summed E-state index contributed by atoms with van der Waals surface area (Å²) in [5.74, 6) is -0.0903. The van der Waals surface area contributed by atoms with Crippen LogP contribution in [-0.2, 0) is 4.79 Å². The molecule has 0 aromatic heterocycles. The van der Waals surface area contributed by atoms with E-state index in [2.05, 4.69) is 4.90 Å². The number of nitrogens with zero attached hydrogens (tertiary/aromatic N) is 1. The van der Waals surface area contributed by atoms with Crippen LogP contribution in [-0.4, -0.2) is 30.4 Å². The third-order valence-corrected chi connectivity index (χ3v) is 2.86. The van der Waals surface area contributed by atoms with E-state index in [4.69, 9.17) is 5.73 Å². The highest BCUT2D eigenvalue weighted by atomic mass is 16.1. The number of nitrogens with two attached hydrogens (primary N) is 1. The van der Waals surface area contributed by atoms with Gasteiger partial charge >= 0.3 is 0 Å². The first kappa shape index (κ1) is 6.16. The molecule has 0 saturated carbocycles. The van der Waals surface area contributed by atoms with Gasteiger partial charge in [-0.3, -0.25) is 4.79 Å². The van der Waals surface area contributed by atoms with Gasteiger partial charge in [0.15, 0.2) is 0 Å². The van der Waals surface area contributed by atoms with Gasteiger partial charge in [0.05, 0.1) is 5.41 Å². The van der Waals surface area contributed by atoms with Gasteiger partial charge in [0, 0.05) is 6.54 Å². The van der Waals surface area contributed by atoms with E-state index in [0.29, 0.717) is 0 Å². The van der Waals surface area contributed by atoms with Gasteiger partial charge in [-0.15, -0.1) is 0 Å². The maximum atomic E-state index is 11.0. The lowest BCUT2D eigenvalue weighted by atomic mass is 9.84. The number of amides is 1. The Morgan fingerprint density at radius 2 is 2.00 bits per heavy atom. The number of piperidine rings is 1. The number of fused-ring (bicyclic) bond motifs is 2. The molecule has 0 aromatic rings. The first-order chi connectivity index (χ1) is 4.73. The average Bonchev–Trinajstić information content (AvgIpc) is 2.45. The molecule has 2 aliphatic rings. The molecule has 0 aliphatic carbocycles. The number of rotatable bonds is 1. The van der Waals surface area contributed by atoms with Crippen LogP contribution in [0.5, 0.6) is 0 Å².